The van der Waals surface area contributed by atoms with Crippen LogP contribution in [0.15, 0.2) is 53.5 Å². The maximum Gasteiger partial charge on any atom is 0.573 e. The van der Waals surface area contributed by atoms with Gasteiger partial charge >= 0.3 is 12.4 Å². The van der Waals surface area contributed by atoms with Crippen LogP contribution in [-0.2, 0) is 6.54 Å². The number of hydrogen-bond donors (Lipinski definition) is 3. The highest BCUT2D eigenvalue weighted by Crippen LogP contribution is 2.24. The van der Waals surface area contributed by atoms with E-state index in [-0.39, 0.29) is 24.3 Å². The van der Waals surface area contributed by atoms with Gasteiger partial charge in [-0.1, -0.05) is 12.1 Å². The second-order valence-electron chi connectivity index (χ2n) is 6.72. The highest BCUT2D eigenvalue weighted by molar-refractivity contribution is 5.92. The van der Waals surface area contributed by atoms with E-state index < -0.39 is 6.36 Å². The van der Waals surface area contributed by atoms with Crippen LogP contribution >= 0.6 is 0 Å². The van der Waals surface area contributed by atoms with Gasteiger partial charge in [0.1, 0.15) is 5.75 Å². The smallest absolute Gasteiger partial charge is 0.406 e. The Balaban J connectivity index is 1.54. The van der Waals surface area contributed by atoms with E-state index in [1.807, 2.05) is 18.2 Å². The number of anilines is 2. The molecule has 2 aromatic carbocycles. The van der Waals surface area contributed by atoms with Crippen LogP contribution in [0.2, 0.25) is 0 Å². The van der Waals surface area contributed by atoms with Crippen molar-refractivity contribution in [2.24, 2.45) is 10.7 Å². The number of likely N-dealkylation sites (tertiary alicyclic amines) is 1. The van der Waals surface area contributed by atoms with Crippen molar-refractivity contribution in [2.75, 3.05) is 23.7 Å². The van der Waals surface area contributed by atoms with Crippen molar-refractivity contribution >= 4 is 23.4 Å². The Morgan fingerprint density at radius 3 is 2.43 bits per heavy atom. The molecule has 0 bridgehead atoms. The van der Waals surface area contributed by atoms with Gasteiger partial charge < -0.3 is 26.0 Å². The topological polar surface area (TPSA) is 92.0 Å². The lowest BCUT2D eigenvalue weighted by Gasteiger charge is -2.16. The predicted molar refractivity (Wildman–Crippen MR) is 108 cm³/mol. The molecule has 4 N–H and O–H groups in total. The number of alkyl halides is 3. The summed E-state index contributed by atoms with van der Waals surface area (Å²) in [5.74, 6) is -0.220. The number of hydrogen-bond acceptors (Lipinski definition) is 3. The first-order chi connectivity index (χ1) is 14.3. The highest BCUT2D eigenvalue weighted by Gasteiger charge is 2.30. The maximum atomic E-state index is 12.2. The zero-order valence-electron chi connectivity index (χ0n) is 16.1. The highest BCUT2D eigenvalue weighted by atomic mass is 19.4. The van der Waals surface area contributed by atoms with Crippen LogP contribution in [0.25, 0.3) is 0 Å². The van der Waals surface area contributed by atoms with E-state index in [9.17, 15) is 18.0 Å². The van der Waals surface area contributed by atoms with Crippen molar-refractivity contribution in [1.82, 2.24) is 4.90 Å². The van der Waals surface area contributed by atoms with Crippen molar-refractivity contribution in [2.45, 2.75) is 25.7 Å². The van der Waals surface area contributed by atoms with Gasteiger partial charge in [0.05, 0.1) is 6.54 Å². The van der Waals surface area contributed by atoms with Crippen LogP contribution in [0.4, 0.5) is 29.3 Å². The Hall–Kier alpha value is -3.43. The summed E-state index contributed by atoms with van der Waals surface area (Å²) in [5, 5.41) is 5.67. The van der Waals surface area contributed by atoms with Crippen LogP contribution < -0.4 is 21.1 Å². The molecule has 0 spiro atoms. The third-order valence-electron chi connectivity index (χ3n) is 4.36. The summed E-state index contributed by atoms with van der Waals surface area (Å²) in [4.78, 5) is 18.2. The summed E-state index contributed by atoms with van der Waals surface area (Å²) in [6.07, 6.45) is -2.70. The number of aliphatic imine (C=N–C) groups is 1. The average Bonchev–Trinajstić information content (AvgIpc) is 3.22. The number of rotatable bonds is 5. The molecule has 2 amide bonds. The van der Waals surface area contributed by atoms with Crippen LogP contribution in [0.1, 0.15) is 18.4 Å². The monoisotopic (exact) mass is 421 g/mol. The Kier molecular flexibility index (Phi) is 6.65. The predicted octanol–water partition coefficient (Wildman–Crippen LogP) is 4.14. The lowest BCUT2D eigenvalue weighted by molar-refractivity contribution is -0.274. The van der Waals surface area contributed by atoms with E-state index in [0.717, 1.165) is 31.5 Å². The third kappa shape index (κ3) is 6.57. The maximum absolute atomic E-state index is 12.2. The molecule has 7 nitrogen and oxygen atoms in total. The summed E-state index contributed by atoms with van der Waals surface area (Å²) in [6, 6.07) is 12.3. The van der Waals surface area contributed by atoms with Gasteiger partial charge in [-0.2, -0.15) is 0 Å². The number of carbonyl (C=O) groups excluding carboxylic acids is 1. The number of halogens is 3. The molecule has 2 aromatic rings. The summed E-state index contributed by atoms with van der Waals surface area (Å²) < 4.78 is 40.4. The van der Waals surface area contributed by atoms with Crippen LogP contribution in [0, 0.1) is 0 Å². The van der Waals surface area contributed by atoms with Gasteiger partial charge in [0, 0.05) is 24.5 Å². The average molecular weight is 421 g/mol. The standard InChI is InChI=1S/C20H22F3N5O2/c21-20(22,23)30-17-8-6-15(7-9-17)26-18(24)25-13-14-4-3-5-16(12-14)27-19(29)28-10-1-2-11-28/h3-9,12H,1-2,10-11,13H2,(H,27,29)(H3,24,25,26). The Bertz CT molecular complexity index is 894. The van der Waals surface area contributed by atoms with Gasteiger partial charge in [0.15, 0.2) is 5.96 Å². The largest absolute Gasteiger partial charge is 0.573 e. The number of ether oxygens (including phenoxy) is 1. The van der Waals surface area contributed by atoms with Crippen molar-refractivity contribution in [1.29, 1.82) is 0 Å². The molecule has 0 atom stereocenters. The summed E-state index contributed by atoms with van der Waals surface area (Å²) >= 11 is 0. The molecule has 1 heterocycles. The SMILES string of the molecule is NC(=NCc1cccc(NC(=O)N2CCCC2)c1)Nc1ccc(OC(F)(F)F)cc1. The van der Waals surface area contributed by atoms with Crippen molar-refractivity contribution in [3.8, 4) is 5.75 Å². The summed E-state index contributed by atoms with van der Waals surface area (Å²) in [5.41, 5.74) is 7.83. The van der Waals surface area contributed by atoms with E-state index >= 15 is 0 Å². The molecular formula is C20H22F3N5O2. The van der Waals surface area contributed by atoms with E-state index in [2.05, 4.69) is 20.4 Å². The third-order valence-corrected chi connectivity index (χ3v) is 4.36. The fourth-order valence-electron chi connectivity index (χ4n) is 2.97. The molecule has 1 aliphatic heterocycles. The molecule has 0 unspecified atom stereocenters. The second kappa shape index (κ2) is 9.38. The minimum atomic E-state index is -4.74. The normalized spacial score (nSPS) is 14.5. The zero-order valence-corrected chi connectivity index (χ0v) is 16.1. The number of nitrogens with two attached hydrogens (primary N) is 1. The van der Waals surface area contributed by atoms with Crippen LogP contribution in [0.3, 0.4) is 0 Å². The van der Waals surface area contributed by atoms with Gasteiger partial charge in [-0.15, -0.1) is 13.2 Å². The van der Waals surface area contributed by atoms with Gasteiger partial charge in [-0.3, -0.25) is 0 Å². The first-order valence-corrected chi connectivity index (χ1v) is 9.36. The molecule has 1 aliphatic rings. The Morgan fingerprint density at radius 1 is 1.07 bits per heavy atom. The van der Waals surface area contributed by atoms with E-state index in [1.54, 1.807) is 11.0 Å². The zero-order chi connectivity index (χ0) is 21.6. The molecule has 0 aliphatic carbocycles. The van der Waals surface area contributed by atoms with Gasteiger partial charge in [-0.25, -0.2) is 9.79 Å². The number of carbonyl (C=O) groups is 1. The first kappa shape index (κ1) is 21.3. The molecule has 0 radical (unpaired) electrons. The second-order valence-corrected chi connectivity index (χ2v) is 6.72. The number of nitrogens with one attached hydrogen (secondary N) is 2. The first-order valence-electron chi connectivity index (χ1n) is 9.36. The van der Waals surface area contributed by atoms with E-state index in [4.69, 9.17) is 5.73 Å². The molecule has 0 saturated carbocycles. The number of guanidine groups is 1. The number of amides is 2. The molecule has 1 fully saturated rings. The van der Waals surface area contributed by atoms with Crippen molar-refractivity contribution in [3.05, 3.63) is 54.1 Å². The van der Waals surface area contributed by atoms with Crippen LogP contribution in [-0.4, -0.2) is 36.3 Å². The Morgan fingerprint density at radius 2 is 1.77 bits per heavy atom. The molecule has 30 heavy (non-hydrogen) atoms. The number of urea groups is 1. The molecule has 1 saturated heterocycles. The van der Waals surface area contributed by atoms with Gasteiger partial charge in [0.2, 0.25) is 0 Å². The number of nitrogens with zero attached hydrogens (tertiary/aromatic N) is 2. The molecule has 0 aromatic heterocycles. The lowest BCUT2D eigenvalue weighted by Crippen LogP contribution is -2.32. The molecular weight excluding hydrogens is 399 g/mol. The summed E-state index contributed by atoms with van der Waals surface area (Å²) in [6.45, 7) is 1.80. The quantitative estimate of drug-likeness (QED) is 0.500. The lowest BCUT2D eigenvalue weighted by atomic mass is 10.2. The van der Waals surface area contributed by atoms with E-state index in [1.165, 1.54) is 24.3 Å². The molecule has 10 heteroatoms. The van der Waals surface area contributed by atoms with Gasteiger partial charge in [0.25, 0.3) is 0 Å². The number of benzene rings is 2. The fourth-order valence-corrected chi connectivity index (χ4v) is 2.97. The van der Waals surface area contributed by atoms with Crippen molar-refractivity contribution < 1.29 is 22.7 Å². The molecule has 3 rings (SSSR count). The van der Waals surface area contributed by atoms with Crippen LogP contribution in [0.5, 0.6) is 5.75 Å². The van der Waals surface area contributed by atoms with Gasteiger partial charge in [-0.05, 0) is 54.8 Å². The Labute approximate surface area is 171 Å². The minimum Gasteiger partial charge on any atom is -0.406 e. The van der Waals surface area contributed by atoms with Crippen molar-refractivity contribution in [3.63, 3.8) is 0 Å². The fraction of sp³-hybridized carbons (Fsp3) is 0.300. The van der Waals surface area contributed by atoms with E-state index in [0.29, 0.717) is 11.4 Å². The molecule has 160 valence electrons. The minimum absolute atomic E-state index is 0.103. The summed E-state index contributed by atoms with van der Waals surface area (Å²) in [7, 11) is 0.